The number of nitro groups is 1. The first kappa shape index (κ1) is 14.8. The molecule has 2 rings (SSSR count). The van der Waals surface area contributed by atoms with Gasteiger partial charge < -0.3 is 10.5 Å². The van der Waals surface area contributed by atoms with Crippen LogP contribution in [0.2, 0.25) is 0 Å². The summed E-state index contributed by atoms with van der Waals surface area (Å²) in [6, 6.07) is 4.69. The second-order valence-electron chi connectivity index (χ2n) is 5.77. The molecule has 110 valence electrons. The average Bonchev–Trinajstić information content (AvgIpc) is 2.63. The van der Waals surface area contributed by atoms with E-state index in [4.69, 9.17) is 10.5 Å². The van der Waals surface area contributed by atoms with Gasteiger partial charge in [0.25, 0.3) is 5.69 Å². The summed E-state index contributed by atoms with van der Waals surface area (Å²) in [6.07, 6.45) is 6.65. The number of non-ortho nitro benzene ring substituents is 1. The highest BCUT2D eigenvalue weighted by molar-refractivity contribution is 5.43. The number of ether oxygens (including phenoxy) is 1. The summed E-state index contributed by atoms with van der Waals surface area (Å²) in [5.41, 5.74) is 7.05. The topological polar surface area (TPSA) is 78.4 Å². The highest BCUT2D eigenvalue weighted by Crippen LogP contribution is 2.28. The molecule has 0 bridgehead atoms. The third-order valence-electron chi connectivity index (χ3n) is 4.00. The molecule has 2 N–H and O–H groups in total. The quantitative estimate of drug-likeness (QED) is 0.520. The molecule has 1 fully saturated rings. The van der Waals surface area contributed by atoms with Crippen molar-refractivity contribution in [2.45, 2.75) is 51.0 Å². The van der Waals surface area contributed by atoms with Gasteiger partial charge >= 0.3 is 0 Å². The van der Waals surface area contributed by atoms with Crippen LogP contribution >= 0.6 is 0 Å². The zero-order chi connectivity index (χ0) is 14.6. The maximum Gasteiger partial charge on any atom is 0.273 e. The zero-order valence-electron chi connectivity index (χ0n) is 11.9. The Balaban J connectivity index is 2.05. The molecular formula is C15H22N2O3. The van der Waals surface area contributed by atoms with E-state index in [1.807, 2.05) is 6.92 Å². The maximum absolute atomic E-state index is 10.8. The molecule has 20 heavy (non-hydrogen) atoms. The summed E-state index contributed by atoms with van der Waals surface area (Å²) in [4.78, 5) is 10.4. The number of aryl methyl sites for hydroxylation is 1. The van der Waals surface area contributed by atoms with Crippen molar-refractivity contribution >= 4 is 5.69 Å². The monoisotopic (exact) mass is 278 g/mol. The Bertz CT molecular complexity index is 480. The Morgan fingerprint density at radius 3 is 2.55 bits per heavy atom. The van der Waals surface area contributed by atoms with Crippen LogP contribution in [0.4, 0.5) is 5.69 Å². The van der Waals surface area contributed by atoms with E-state index < -0.39 is 4.92 Å². The molecule has 0 spiro atoms. The molecule has 0 unspecified atom stereocenters. The lowest BCUT2D eigenvalue weighted by atomic mass is 9.92. The molecule has 0 atom stereocenters. The van der Waals surface area contributed by atoms with E-state index in [1.54, 1.807) is 6.07 Å². The number of hydrogen-bond donors (Lipinski definition) is 1. The highest BCUT2D eigenvalue weighted by atomic mass is 16.6. The summed E-state index contributed by atoms with van der Waals surface area (Å²) < 4.78 is 5.80. The van der Waals surface area contributed by atoms with E-state index in [2.05, 4.69) is 0 Å². The van der Waals surface area contributed by atoms with Crippen LogP contribution in [0, 0.1) is 17.0 Å². The van der Waals surface area contributed by atoms with Crippen LogP contribution in [0.3, 0.4) is 0 Å². The van der Waals surface area contributed by atoms with Crippen LogP contribution in [0.1, 0.15) is 44.1 Å². The number of nitro benzene ring substituents is 1. The minimum atomic E-state index is -0.407. The van der Waals surface area contributed by atoms with E-state index in [9.17, 15) is 10.1 Å². The normalized spacial score (nSPS) is 18.3. The van der Waals surface area contributed by atoms with E-state index in [-0.39, 0.29) is 11.2 Å². The SMILES string of the molecule is Cc1ccc([N+](=O)[O-])cc1OCC1(N)CCCCCC1. The van der Waals surface area contributed by atoms with Gasteiger partial charge in [-0.25, -0.2) is 0 Å². The molecule has 5 heteroatoms. The van der Waals surface area contributed by atoms with Gasteiger partial charge in [-0.15, -0.1) is 0 Å². The Morgan fingerprint density at radius 1 is 1.30 bits per heavy atom. The predicted molar refractivity (Wildman–Crippen MR) is 77.9 cm³/mol. The standard InChI is InChI=1S/C15H22N2O3/c1-12-6-7-13(17(18)19)10-14(12)20-11-15(16)8-4-2-3-5-9-15/h6-7,10H,2-5,8-9,11,16H2,1H3. The fraction of sp³-hybridized carbons (Fsp3) is 0.600. The van der Waals surface area contributed by atoms with Crippen LogP contribution in [0.15, 0.2) is 18.2 Å². The Kier molecular flexibility index (Phi) is 4.60. The number of benzene rings is 1. The van der Waals surface area contributed by atoms with Gasteiger partial charge in [-0.05, 0) is 31.4 Å². The van der Waals surface area contributed by atoms with Crippen molar-refractivity contribution < 1.29 is 9.66 Å². The van der Waals surface area contributed by atoms with Crippen LogP contribution in [-0.4, -0.2) is 17.1 Å². The lowest BCUT2D eigenvalue weighted by molar-refractivity contribution is -0.385. The fourth-order valence-electron chi connectivity index (χ4n) is 2.66. The number of nitrogens with zero attached hydrogens (tertiary/aromatic N) is 1. The zero-order valence-corrected chi connectivity index (χ0v) is 11.9. The molecule has 5 nitrogen and oxygen atoms in total. The first-order chi connectivity index (χ1) is 9.50. The van der Waals surface area contributed by atoms with E-state index in [0.717, 1.165) is 31.2 Å². The molecular weight excluding hydrogens is 256 g/mol. The smallest absolute Gasteiger partial charge is 0.273 e. The van der Waals surface area contributed by atoms with Crippen molar-refractivity contribution in [3.05, 3.63) is 33.9 Å². The lowest BCUT2D eigenvalue weighted by Crippen LogP contribution is -2.45. The summed E-state index contributed by atoms with van der Waals surface area (Å²) in [6.45, 7) is 2.31. The molecule has 1 aliphatic rings. The number of hydrogen-bond acceptors (Lipinski definition) is 4. The van der Waals surface area contributed by atoms with Gasteiger partial charge in [0.2, 0.25) is 0 Å². The molecule has 0 amide bonds. The van der Waals surface area contributed by atoms with Crippen molar-refractivity contribution in [2.75, 3.05) is 6.61 Å². The van der Waals surface area contributed by atoms with Crippen LogP contribution in [0.25, 0.3) is 0 Å². The molecule has 1 aromatic rings. The molecule has 1 aromatic carbocycles. The molecule has 1 saturated carbocycles. The average molecular weight is 278 g/mol. The molecule has 0 aliphatic heterocycles. The van der Waals surface area contributed by atoms with Gasteiger partial charge in [0, 0.05) is 6.07 Å². The second-order valence-corrected chi connectivity index (χ2v) is 5.77. The maximum atomic E-state index is 10.8. The first-order valence-corrected chi connectivity index (χ1v) is 7.17. The van der Waals surface area contributed by atoms with Gasteiger partial charge in [0.15, 0.2) is 0 Å². The molecule has 0 aromatic heterocycles. The summed E-state index contributed by atoms with van der Waals surface area (Å²) in [5, 5.41) is 10.8. The summed E-state index contributed by atoms with van der Waals surface area (Å²) in [5.74, 6) is 0.563. The van der Waals surface area contributed by atoms with E-state index >= 15 is 0 Å². The lowest BCUT2D eigenvalue weighted by Gasteiger charge is -2.28. The third kappa shape index (κ3) is 3.70. The number of nitrogens with two attached hydrogens (primary N) is 1. The Labute approximate surface area is 119 Å². The largest absolute Gasteiger partial charge is 0.491 e. The Hall–Kier alpha value is -1.62. The van der Waals surface area contributed by atoms with Crippen molar-refractivity contribution in [1.29, 1.82) is 0 Å². The Morgan fingerprint density at radius 2 is 1.95 bits per heavy atom. The van der Waals surface area contributed by atoms with Crippen molar-refractivity contribution in [1.82, 2.24) is 0 Å². The van der Waals surface area contributed by atoms with Crippen LogP contribution in [0.5, 0.6) is 5.75 Å². The molecule has 0 heterocycles. The molecule has 0 radical (unpaired) electrons. The number of rotatable bonds is 4. The van der Waals surface area contributed by atoms with Crippen molar-refractivity contribution in [2.24, 2.45) is 5.73 Å². The van der Waals surface area contributed by atoms with Crippen LogP contribution in [-0.2, 0) is 0 Å². The minimum Gasteiger partial charge on any atom is -0.491 e. The molecule has 1 aliphatic carbocycles. The van der Waals surface area contributed by atoms with E-state index in [1.165, 1.54) is 25.0 Å². The summed E-state index contributed by atoms with van der Waals surface area (Å²) in [7, 11) is 0. The van der Waals surface area contributed by atoms with Gasteiger partial charge in [-0.1, -0.05) is 25.7 Å². The predicted octanol–water partition coefficient (Wildman–Crippen LogP) is 3.33. The third-order valence-corrected chi connectivity index (χ3v) is 4.00. The van der Waals surface area contributed by atoms with E-state index in [0.29, 0.717) is 12.4 Å². The minimum absolute atomic E-state index is 0.0533. The van der Waals surface area contributed by atoms with Crippen molar-refractivity contribution in [3.8, 4) is 5.75 Å². The fourth-order valence-corrected chi connectivity index (χ4v) is 2.66. The van der Waals surface area contributed by atoms with Gasteiger partial charge in [0.1, 0.15) is 12.4 Å². The van der Waals surface area contributed by atoms with Gasteiger partial charge in [-0.3, -0.25) is 10.1 Å². The summed E-state index contributed by atoms with van der Waals surface area (Å²) >= 11 is 0. The first-order valence-electron chi connectivity index (χ1n) is 7.17. The van der Waals surface area contributed by atoms with Crippen molar-refractivity contribution in [3.63, 3.8) is 0 Å². The van der Waals surface area contributed by atoms with Gasteiger partial charge in [0.05, 0.1) is 16.5 Å². The molecule has 0 saturated heterocycles. The van der Waals surface area contributed by atoms with Crippen LogP contribution < -0.4 is 10.5 Å². The van der Waals surface area contributed by atoms with Gasteiger partial charge in [-0.2, -0.15) is 0 Å². The highest BCUT2D eigenvalue weighted by Gasteiger charge is 2.27. The second kappa shape index (κ2) is 6.22.